The molecule has 0 aliphatic carbocycles. The molecule has 2 heteroatoms. The third-order valence-electron chi connectivity index (χ3n) is 3.51. The summed E-state index contributed by atoms with van der Waals surface area (Å²) in [7, 11) is 0. The molecule has 0 saturated heterocycles. The molecule has 0 radical (unpaired) electrons. The Labute approximate surface area is 126 Å². The number of alkyl halides is 1. The largest absolute Gasteiger partial charge is 0.143 e. The van der Waals surface area contributed by atoms with Gasteiger partial charge in [-0.05, 0) is 46.9 Å². The minimum absolute atomic E-state index is 0.379. The van der Waals surface area contributed by atoms with Crippen LogP contribution in [-0.2, 0) is 6.42 Å². The Morgan fingerprint density at radius 1 is 1.05 bits per heavy atom. The zero-order chi connectivity index (χ0) is 13.2. The molecule has 0 amide bonds. The molecule has 1 atom stereocenters. The highest BCUT2D eigenvalue weighted by Gasteiger charge is 2.14. The van der Waals surface area contributed by atoms with Crippen molar-refractivity contribution in [3.8, 4) is 0 Å². The van der Waals surface area contributed by atoms with Crippen molar-refractivity contribution in [2.24, 2.45) is 0 Å². The van der Waals surface area contributed by atoms with Gasteiger partial charge >= 0.3 is 0 Å². The Morgan fingerprint density at radius 2 is 1.79 bits per heavy atom. The lowest BCUT2D eigenvalue weighted by Crippen LogP contribution is -1.96. The second-order valence-electron chi connectivity index (χ2n) is 4.79. The lowest BCUT2D eigenvalue weighted by atomic mass is 10.0. The van der Waals surface area contributed by atoms with Crippen molar-refractivity contribution >= 4 is 37.4 Å². The van der Waals surface area contributed by atoms with E-state index in [2.05, 4.69) is 76.8 Å². The molecule has 1 unspecified atom stereocenters. The summed E-state index contributed by atoms with van der Waals surface area (Å²) in [5, 5.41) is 3.66. The maximum atomic E-state index is 3.86. The van der Waals surface area contributed by atoms with Gasteiger partial charge in [0.25, 0.3) is 0 Å². The summed E-state index contributed by atoms with van der Waals surface area (Å²) in [6.45, 7) is 2.18. The number of halogens is 1. The molecule has 0 saturated carbocycles. The summed E-state index contributed by atoms with van der Waals surface area (Å²) in [5.41, 5.74) is 4.19. The van der Waals surface area contributed by atoms with E-state index in [1.165, 1.54) is 26.8 Å². The number of fused-ring (bicyclic) bond motifs is 1. The second kappa shape index (κ2) is 5.48. The highest BCUT2D eigenvalue weighted by Crippen LogP contribution is 2.36. The van der Waals surface area contributed by atoms with Crippen molar-refractivity contribution in [3.63, 3.8) is 0 Å². The van der Waals surface area contributed by atoms with E-state index < -0.39 is 0 Å². The average Bonchev–Trinajstić information content (AvgIpc) is 2.85. The molecule has 2 aromatic carbocycles. The minimum Gasteiger partial charge on any atom is -0.143 e. The van der Waals surface area contributed by atoms with Gasteiger partial charge in [-0.1, -0.05) is 58.4 Å². The van der Waals surface area contributed by atoms with Crippen LogP contribution in [-0.4, -0.2) is 0 Å². The van der Waals surface area contributed by atoms with Crippen LogP contribution in [0.15, 0.2) is 53.9 Å². The first-order valence-electron chi connectivity index (χ1n) is 6.40. The number of hydrogen-bond acceptors (Lipinski definition) is 1. The predicted molar refractivity (Wildman–Crippen MR) is 88.4 cm³/mol. The maximum Gasteiger partial charge on any atom is 0.0450 e. The van der Waals surface area contributed by atoms with E-state index in [-0.39, 0.29) is 0 Å². The van der Waals surface area contributed by atoms with Crippen molar-refractivity contribution in [1.82, 2.24) is 0 Å². The predicted octanol–water partition coefficient (Wildman–Crippen LogP) is 5.89. The van der Waals surface area contributed by atoms with Crippen LogP contribution >= 0.6 is 27.3 Å². The number of thiophene rings is 1. The Morgan fingerprint density at radius 3 is 2.63 bits per heavy atom. The maximum absolute atomic E-state index is 3.86. The normalized spacial score (nSPS) is 12.7. The first-order chi connectivity index (χ1) is 9.25. The van der Waals surface area contributed by atoms with E-state index in [0.29, 0.717) is 4.83 Å². The lowest BCUT2D eigenvalue weighted by molar-refractivity contribution is 0.950. The summed E-state index contributed by atoms with van der Waals surface area (Å²) in [4.78, 5) is 0.379. The zero-order valence-corrected chi connectivity index (χ0v) is 13.2. The number of rotatable bonds is 3. The summed E-state index contributed by atoms with van der Waals surface area (Å²) in [6.07, 6.45) is 1.04. The molecule has 0 bridgehead atoms. The van der Waals surface area contributed by atoms with Gasteiger partial charge in [0, 0.05) is 9.53 Å². The van der Waals surface area contributed by atoms with Crippen LogP contribution in [0.3, 0.4) is 0 Å². The molecule has 19 heavy (non-hydrogen) atoms. The van der Waals surface area contributed by atoms with Crippen LogP contribution < -0.4 is 0 Å². The van der Waals surface area contributed by atoms with Crippen molar-refractivity contribution in [2.45, 2.75) is 18.2 Å². The van der Waals surface area contributed by atoms with Crippen LogP contribution in [0, 0.1) is 6.92 Å². The van der Waals surface area contributed by atoms with E-state index in [1.807, 2.05) is 11.3 Å². The monoisotopic (exact) mass is 330 g/mol. The summed E-state index contributed by atoms with van der Waals surface area (Å²) in [5.74, 6) is 0. The number of hydrogen-bond donors (Lipinski definition) is 0. The quantitative estimate of drug-likeness (QED) is 0.525. The van der Waals surface area contributed by atoms with Gasteiger partial charge in [-0.25, -0.2) is 0 Å². The van der Waals surface area contributed by atoms with Gasteiger partial charge < -0.3 is 0 Å². The molecule has 3 rings (SSSR count). The Hall–Kier alpha value is -1.12. The molecule has 1 aromatic heterocycles. The topological polar surface area (TPSA) is 0 Å². The SMILES string of the molecule is Cc1ccccc1CC(Br)c1csc2ccccc12. The van der Waals surface area contributed by atoms with Gasteiger partial charge in [0.15, 0.2) is 0 Å². The Bertz CT molecular complexity index is 699. The van der Waals surface area contributed by atoms with Crippen LogP contribution in [0.1, 0.15) is 21.5 Å². The van der Waals surface area contributed by atoms with E-state index in [0.717, 1.165) is 6.42 Å². The summed E-state index contributed by atoms with van der Waals surface area (Å²) in [6, 6.07) is 17.2. The highest BCUT2D eigenvalue weighted by molar-refractivity contribution is 9.09. The van der Waals surface area contributed by atoms with E-state index in [9.17, 15) is 0 Å². The molecule has 1 heterocycles. The van der Waals surface area contributed by atoms with Gasteiger partial charge in [0.1, 0.15) is 0 Å². The zero-order valence-electron chi connectivity index (χ0n) is 10.8. The van der Waals surface area contributed by atoms with Crippen LogP contribution in [0.25, 0.3) is 10.1 Å². The molecular formula is C17H15BrS. The first kappa shape index (κ1) is 12.9. The van der Waals surface area contributed by atoms with Gasteiger partial charge in [0.05, 0.1) is 0 Å². The van der Waals surface area contributed by atoms with Gasteiger partial charge in [-0.15, -0.1) is 11.3 Å². The lowest BCUT2D eigenvalue weighted by Gasteiger charge is -2.11. The third-order valence-corrected chi connectivity index (χ3v) is 5.31. The second-order valence-corrected chi connectivity index (χ2v) is 6.80. The standard InChI is InChI=1S/C17H15BrS/c1-12-6-2-3-7-13(12)10-16(18)15-11-19-17-9-5-4-8-14(15)17/h2-9,11,16H,10H2,1H3. The van der Waals surface area contributed by atoms with Crippen molar-refractivity contribution in [1.29, 1.82) is 0 Å². The summed E-state index contributed by atoms with van der Waals surface area (Å²) < 4.78 is 1.37. The van der Waals surface area contributed by atoms with Crippen LogP contribution in [0.4, 0.5) is 0 Å². The van der Waals surface area contributed by atoms with Gasteiger partial charge in [-0.2, -0.15) is 0 Å². The van der Waals surface area contributed by atoms with Crippen LogP contribution in [0.5, 0.6) is 0 Å². The van der Waals surface area contributed by atoms with E-state index in [1.54, 1.807) is 0 Å². The third kappa shape index (κ3) is 2.60. The van der Waals surface area contributed by atoms with E-state index >= 15 is 0 Å². The van der Waals surface area contributed by atoms with Crippen molar-refractivity contribution in [3.05, 3.63) is 70.6 Å². The molecule has 0 spiro atoms. The van der Waals surface area contributed by atoms with Crippen LogP contribution in [0.2, 0.25) is 0 Å². The smallest absolute Gasteiger partial charge is 0.0450 e. The Balaban J connectivity index is 1.92. The minimum atomic E-state index is 0.379. The molecule has 0 aliphatic heterocycles. The average molecular weight is 331 g/mol. The van der Waals surface area contributed by atoms with Crippen molar-refractivity contribution < 1.29 is 0 Å². The fraction of sp³-hybridized carbons (Fsp3) is 0.176. The molecule has 0 fully saturated rings. The molecule has 0 N–H and O–H groups in total. The molecule has 0 nitrogen and oxygen atoms in total. The van der Waals surface area contributed by atoms with E-state index in [4.69, 9.17) is 0 Å². The molecule has 96 valence electrons. The van der Waals surface area contributed by atoms with Gasteiger partial charge in [0.2, 0.25) is 0 Å². The fourth-order valence-electron chi connectivity index (χ4n) is 2.38. The highest BCUT2D eigenvalue weighted by atomic mass is 79.9. The first-order valence-corrected chi connectivity index (χ1v) is 8.20. The van der Waals surface area contributed by atoms with Crippen molar-refractivity contribution in [2.75, 3.05) is 0 Å². The molecule has 0 aliphatic rings. The van der Waals surface area contributed by atoms with Gasteiger partial charge in [-0.3, -0.25) is 0 Å². The number of aryl methyl sites for hydroxylation is 1. The molecule has 3 aromatic rings. The summed E-state index contributed by atoms with van der Waals surface area (Å²) >= 11 is 5.69. The fourth-order valence-corrected chi connectivity index (χ4v) is 4.30. The number of benzene rings is 2. The molecular weight excluding hydrogens is 316 g/mol. The Kier molecular flexibility index (Phi) is 3.72.